The Morgan fingerprint density at radius 3 is 2.07 bits per heavy atom. The predicted octanol–water partition coefficient (Wildman–Crippen LogP) is 5.08. The second-order valence-corrected chi connectivity index (χ2v) is 8.85. The van der Waals surface area contributed by atoms with E-state index in [1.807, 2.05) is 24.3 Å². The summed E-state index contributed by atoms with van der Waals surface area (Å²) in [6, 6.07) is 7.82. The summed E-state index contributed by atoms with van der Waals surface area (Å²) in [6.07, 6.45) is 11.8. The molecule has 2 radical (unpaired) electrons. The van der Waals surface area contributed by atoms with Crippen molar-refractivity contribution >= 4 is 13.8 Å². The van der Waals surface area contributed by atoms with Gasteiger partial charge in [0.05, 0.1) is 20.4 Å². The highest BCUT2D eigenvalue weighted by Crippen LogP contribution is 2.42. The molecule has 3 nitrogen and oxygen atoms in total. The van der Waals surface area contributed by atoms with E-state index in [1.165, 1.54) is 63.4 Å². The number of hydrogen-bond donors (Lipinski definition) is 2. The van der Waals surface area contributed by atoms with Crippen LogP contribution in [-0.2, 0) is 11.2 Å². The number of carbonyl (C=O) groups is 1. The van der Waals surface area contributed by atoms with E-state index in [9.17, 15) is 9.90 Å². The number of aryl methyl sites for hydroxylation is 1. The van der Waals surface area contributed by atoms with Crippen molar-refractivity contribution in [3.8, 4) is 0 Å². The molecule has 0 aromatic heterocycles. The van der Waals surface area contributed by atoms with Crippen molar-refractivity contribution in [3.63, 3.8) is 0 Å². The van der Waals surface area contributed by atoms with E-state index < -0.39 is 12.1 Å². The van der Waals surface area contributed by atoms with Crippen LogP contribution in [0.15, 0.2) is 24.3 Å². The maximum Gasteiger partial charge on any atom is 0.306 e. The van der Waals surface area contributed by atoms with Crippen molar-refractivity contribution in [2.75, 3.05) is 0 Å². The number of rotatable bonds is 7. The third-order valence-corrected chi connectivity index (χ3v) is 6.95. The largest absolute Gasteiger partial charge is 0.481 e. The van der Waals surface area contributed by atoms with Gasteiger partial charge in [-0.2, -0.15) is 0 Å². The van der Waals surface area contributed by atoms with Crippen molar-refractivity contribution in [2.24, 2.45) is 17.8 Å². The molecular formula is C23H33BO3. The molecule has 4 heteroatoms. The molecule has 1 aromatic carbocycles. The lowest BCUT2D eigenvalue weighted by Gasteiger charge is -2.37. The van der Waals surface area contributed by atoms with Crippen LogP contribution in [0.3, 0.4) is 0 Å². The quantitative estimate of drug-likeness (QED) is 0.660. The van der Waals surface area contributed by atoms with E-state index in [1.54, 1.807) is 0 Å². The first-order valence-corrected chi connectivity index (χ1v) is 10.8. The second-order valence-electron chi connectivity index (χ2n) is 8.85. The maximum absolute atomic E-state index is 10.7. The number of carboxylic acid groups (broad SMARTS) is 1. The SMILES string of the molecule is [B]C1CCC(C2CCC(CCc3ccc(C(O)CC(=O)O)cc3)CC2)CC1. The van der Waals surface area contributed by atoms with E-state index in [-0.39, 0.29) is 6.42 Å². The van der Waals surface area contributed by atoms with E-state index in [0.29, 0.717) is 11.4 Å². The average Bonchev–Trinajstić information content (AvgIpc) is 2.67. The van der Waals surface area contributed by atoms with Crippen LogP contribution in [0.25, 0.3) is 0 Å². The van der Waals surface area contributed by atoms with Gasteiger partial charge in [0.25, 0.3) is 0 Å². The van der Waals surface area contributed by atoms with Crippen LogP contribution in [-0.4, -0.2) is 24.0 Å². The topological polar surface area (TPSA) is 57.5 Å². The Morgan fingerprint density at radius 1 is 0.963 bits per heavy atom. The molecule has 0 aliphatic heterocycles. The van der Waals surface area contributed by atoms with E-state index in [2.05, 4.69) is 0 Å². The first-order chi connectivity index (χ1) is 13.0. The van der Waals surface area contributed by atoms with Crippen molar-refractivity contribution in [2.45, 2.75) is 82.6 Å². The van der Waals surface area contributed by atoms with Crippen LogP contribution >= 0.6 is 0 Å². The highest BCUT2D eigenvalue weighted by molar-refractivity contribution is 6.11. The van der Waals surface area contributed by atoms with Gasteiger partial charge in [0.2, 0.25) is 0 Å². The minimum Gasteiger partial charge on any atom is -0.481 e. The molecule has 1 atom stereocenters. The average molecular weight is 368 g/mol. The number of aliphatic hydroxyl groups is 1. The van der Waals surface area contributed by atoms with Crippen molar-refractivity contribution in [1.82, 2.24) is 0 Å². The van der Waals surface area contributed by atoms with Gasteiger partial charge in [-0.15, -0.1) is 0 Å². The Balaban J connectivity index is 1.39. The zero-order valence-electron chi connectivity index (χ0n) is 16.4. The molecule has 0 saturated heterocycles. The van der Waals surface area contributed by atoms with Crippen molar-refractivity contribution in [3.05, 3.63) is 35.4 Å². The smallest absolute Gasteiger partial charge is 0.306 e. The lowest BCUT2D eigenvalue weighted by Crippen LogP contribution is -2.25. The van der Waals surface area contributed by atoms with Gasteiger partial charge < -0.3 is 10.2 Å². The molecule has 146 valence electrons. The van der Waals surface area contributed by atoms with Gasteiger partial charge in [-0.1, -0.05) is 68.6 Å². The Kier molecular flexibility index (Phi) is 7.40. The Hall–Kier alpha value is -1.29. The van der Waals surface area contributed by atoms with Gasteiger partial charge in [-0.3, -0.25) is 4.79 Å². The predicted molar refractivity (Wildman–Crippen MR) is 109 cm³/mol. The van der Waals surface area contributed by atoms with Crippen molar-refractivity contribution in [1.29, 1.82) is 0 Å². The fourth-order valence-electron chi connectivity index (χ4n) is 5.13. The van der Waals surface area contributed by atoms with Gasteiger partial charge >= 0.3 is 5.97 Å². The second kappa shape index (κ2) is 9.77. The first-order valence-electron chi connectivity index (χ1n) is 10.8. The van der Waals surface area contributed by atoms with Crippen molar-refractivity contribution < 1.29 is 15.0 Å². The summed E-state index contributed by atoms with van der Waals surface area (Å²) in [5, 5.41) is 18.7. The normalized spacial score (nSPS) is 30.0. The molecular weight excluding hydrogens is 335 g/mol. The number of aliphatic carboxylic acids is 1. The summed E-state index contributed by atoms with van der Waals surface area (Å²) >= 11 is 0. The van der Waals surface area contributed by atoms with Crippen LogP contribution < -0.4 is 0 Å². The first kappa shape index (κ1) is 20.4. The van der Waals surface area contributed by atoms with Crippen LogP contribution in [0, 0.1) is 17.8 Å². The molecule has 2 N–H and O–H groups in total. The van der Waals surface area contributed by atoms with E-state index in [0.717, 1.165) is 24.2 Å². The number of carboxylic acids is 1. The third-order valence-electron chi connectivity index (χ3n) is 6.95. The van der Waals surface area contributed by atoms with E-state index >= 15 is 0 Å². The zero-order valence-corrected chi connectivity index (χ0v) is 16.4. The molecule has 0 heterocycles. The summed E-state index contributed by atoms with van der Waals surface area (Å²) in [7, 11) is 6.05. The van der Waals surface area contributed by atoms with Crippen LogP contribution in [0.4, 0.5) is 0 Å². The lowest BCUT2D eigenvalue weighted by molar-refractivity contribution is -0.139. The molecule has 0 bridgehead atoms. The minimum absolute atomic E-state index is 0.241. The lowest BCUT2D eigenvalue weighted by atomic mass is 9.65. The Morgan fingerprint density at radius 2 is 1.52 bits per heavy atom. The van der Waals surface area contributed by atoms with Gasteiger partial charge in [-0.05, 0) is 54.6 Å². The zero-order chi connectivity index (χ0) is 19.2. The van der Waals surface area contributed by atoms with Crippen LogP contribution in [0.5, 0.6) is 0 Å². The third kappa shape index (κ3) is 6.10. The number of aliphatic hydroxyl groups excluding tert-OH is 1. The molecule has 2 saturated carbocycles. The monoisotopic (exact) mass is 368 g/mol. The molecule has 2 aliphatic carbocycles. The number of hydrogen-bond acceptors (Lipinski definition) is 2. The maximum atomic E-state index is 10.7. The molecule has 3 rings (SSSR count). The Bertz CT molecular complexity index is 584. The van der Waals surface area contributed by atoms with Gasteiger partial charge in [0, 0.05) is 0 Å². The van der Waals surface area contributed by atoms with Crippen LogP contribution in [0.2, 0.25) is 5.82 Å². The standard InChI is InChI=1S/C23H33BO3/c24-21-13-11-19(12-14-21)18-7-3-16(4-8-18)1-2-17-5-9-20(10-6-17)22(25)15-23(26)27/h5-6,9-10,16,18-19,21-22,25H,1-4,7-8,11-15H2,(H,26,27). The highest BCUT2D eigenvalue weighted by atomic mass is 16.4. The molecule has 0 spiro atoms. The van der Waals surface area contributed by atoms with Gasteiger partial charge in [0.1, 0.15) is 0 Å². The van der Waals surface area contributed by atoms with Gasteiger partial charge in [-0.25, -0.2) is 0 Å². The number of benzene rings is 1. The Labute approximate surface area is 165 Å². The summed E-state index contributed by atoms with van der Waals surface area (Å²) in [5.74, 6) is 2.18. The fourth-order valence-corrected chi connectivity index (χ4v) is 5.13. The summed E-state index contributed by atoms with van der Waals surface area (Å²) in [5.41, 5.74) is 1.97. The van der Waals surface area contributed by atoms with Gasteiger partial charge in [0.15, 0.2) is 0 Å². The summed E-state index contributed by atoms with van der Waals surface area (Å²) < 4.78 is 0. The summed E-state index contributed by atoms with van der Waals surface area (Å²) in [6.45, 7) is 0. The molecule has 0 amide bonds. The molecule has 2 aliphatic rings. The van der Waals surface area contributed by atoms with Crippen LogP contribution in [0.1, 0.15) is 81.4 Å². The molecule has 1 unspecified atom stereocenters. The highest BCUT2D eigenvalue weighted by Gasteiger charge is 2.29. The minimum atomic E-state index is -0.974. The molecule has 27 heavy (non-hydrogen) atoms. The summed E-state index contributed by atoms with van der Waals surface area (Å²) in [4.78, 5) is 10.7. The fraction of sp³-hybridized carbons (Fsp3) is 0.696. The molecule has 2 fully saturated rings. The molecule has 1 aromatic rings. The van der Waals surface area contributed by atoms with E-state index in [4.69, 9.17) is 13.0 Å².